The van der Waals surface area contributed by atoms with Crippen LogP contribution in [-0.2, 0) is 0 Å². The Hall–Kier alpha value is -0.910. The summed E-state index contributed by atoms with van der Waals surface area (Å²) in [5.74, 6) is -0.446. The van der Waals surface area contributed by atoms with Crippen LogP contribution in [0.2, 0.25) is 10.3 Å². The van der Waals surface area contributed by atoms with Crippen molar-refractivity contribution in [3.63, 3.8) is 0 Å². The van der Waals surface area contributed by atoms with Crippen molar-refractivity contribution >= 4 is 29.1 Å². The van der Waals surface area contributed by atoms with E-state index in [4.69, 9.17) is 28.3 Å². The SMILES string of the molecule is CC(CO)NC(=O)c1cc(Cl)nnc1Cl. The quantitative estimate of drug-likeness (QED) is 0.835. The Balaban J connectivity index is 2.86. The second kappa shape index (κ2) is 5.25. The van der Waals surface area contributed by atoms with E-state index in [2.05, 4.69) is 15.5 Å². The fraction of sp³-hybridized carbons (Fsp3) is 0.375. The maximum Gasteiger partial charge on any atom is 0.254 e. The molecule has 0 bridgehead atoms. The topological polar surface area (TPSA) is 75.1 Å². The van der Waals surface area contributed by atoms with Gasteiger partial charge in [0.05, 0.1) is 12.2 Å². The fourth-order valence-corrected chi connectivity index (χ4v) is 1.18. The van der Waals surface area contributed by atoms with Crippen LogP contribution in [-0.4, -0.2) is 33.9 Å². The minimum Gasteiger partial charge on any atom is -0.394 e. The standard InChI is InChI=1S/C8H9Cl2N3O2/c1-4(3-14)11-8(15)5-2-6(9)12-13-7(5)10/h2,4,14H,3H2,1H3,(H,11,15). The molecule has 15 heavy (non-hydrogen) atoms. The van der Waals surface area contributed by atoms with Crippen LogP contribution in [0.5, 0.6) is 0 Å². The number of amides is 1. The molecule has 1 aromatic heterocycles. The molecule has 0 saturated heterocycles. The van der Waals surface area contributed by atoms with E-state index in [1.807, 2.05) is 0 Å². The molecular weight excluding hydrogens is 241 g/mol. The first-order valence-corrected chi connectivity index (χ1v) is 4.90. The predicted molar refractivity (Wildman–Crippen MR) is 56.1 cm³/mol. The third-order valence-corrected chi connectivity index (χ3v) is 2.08. The number of halogens is 2. The lowest BCUT2D eigenvalue weighted by molar-refractivity contribution is 0.0922. The van der Waals surface area contributed by atoms with Crippen LogP contribution in [0, 0.1) is 0 Å². The average molecular weight is 250 g/mol. The molecule has 0 aliphatic carbocycles. The lowest BCUT2D eigenvalue weighted by Crippen LogP contribution is -2.35. The minimum absolute atomic E-state index is 0.0259. The normalized spacial score (nSPS) is 12.3. The van der Waals surface area contributed by atoms with Crippen LogP contribution in [0.3, 0.4) is 0 Å². The molecule has 0 aromatic carbocycles. The Labute approximate surface area is 96.4 Å². The molecule has 7 heteroatoms. The van der Waals surface area contributed by atoms with Gasteiger partial charge in [-0.25, -0.2) is 0 Å². The molecule has 1 aromatic rings. The summed E-state index contributed by atoms with van der Waals surface area (Å²) in [4.78, 5) is 11.6. The summed E-state index contributed by atoms with van der Waals surface area (Å²) >= 11 is 11.2. The second-order valence-electron chi connectivity index (χ2n) is 2.93. The van der Waals surface area contributed by atoms with Crippen molar-refractivity contribution in [1.29, 1.82) is 0 Å². The van der Waals surface area contributed by atoms with E-state index in [0.717, 1.165) is 0 Å². The lowest BCUT2D eigenvalue weighted by atomic mass is 10.2. The average Bonchev–Trinajstić information content (AvgIpc) is 2.21. The van der Waals surface area contributed by atoms with Gasteiger partial charge in [0.2, 0.25) is 0 Å². The van der Waals surface area contributed by atoms with Crippen molar-refractivity contribution in [1.82, 2.24) is 15.5 Å². The Kier molecular flexibility index (Phi) is 4.26. The van der Waals surface area contributed by atoms with Crippen LogP contribution in [0.1, 0.15) is 17.3 Å². The first kappa shape index (κ1) is 12.2. The molecule has 0 fully saturated rings. The van der Waals surface area contributed by atoms with Crippen LogP contribution in [0.4, 0.5) is 0 Å². The molecule has 1 atom stereocenters. The first-order chi connectivity index (χ1) is 7.04. The van der Waals surface area contributed by atoms with E-state index < -0.39 is 5.91 Å². The maximum atomic E-state index is 11.6. The monoisotopic (exact) mass is 249 g/mol. The number of rotatable bonds is 3. The number of carbonyl (C=O) groups is 1. The molecule has 5 nitrogen and oxygen atoms in total. The fourth-order valence-electron chi connectivity index (χ4n) is 0.859. The molecule has 82 valence electrons. The van der Waals surface area contributed by atoms with Crippen LogP contribution in [0.25, 0.3) is 0 Å². The first-order valence-electron chi connectivity index (χ1n) is 4.15. The Morgan fingerprint density at radius 2 is 2.27 bits per heavy atom. The highest BCUT2D eigenvalue weighted by Crippen LogP contribution is 2.15. The summed E-state index contributed by atoms with van der Waals surface area (Å²) < 4.78 is 0. The van der Waals surface area contributed by atoms with Gasteiger partial charge in [-0.15, -0.1) is 10.2 Å². The van der Waals surface area contributed by atoms with Crippen molar-refractivity contribution in [2.45, 2.75) is 13.0 Å². The van der Waals surface area contributed by atoms with E-state index >= 15 is 0 Å². The van der Waals surface area contributed by atoms with Crippen molar-refractivity contribution in [2.75, 3.05) is 6.61 Å². The summed E-state index contributed by atoms with van der Waals surface area (Å²) in [6.07, 6.45) is 0. The summed E-state index contributed by atoms with van der Waals surface area (Å²) in [5.41, 5.74) is 0.136. The second-order valence-corrected chi connectivity index (χ2v) is 3.67. The van der Waals surface area contributed by atoms with E-state index in [1.165, 1.54) is 6.07 Å². The minimum atomic E-state index is -0.446. The smallest absolute Gasteiger partial charge is 0.254 e. The Morgan fingerprint density at radius 3 is 2.87 bits per heavy atom. The number of hydrogen-bond donors (Lipinski definition) is 2. The van der Waals surface area contributed by atoms with Gasteiger partial charge >= 0.3 is 0 Å². The molecule has 2 N–H and O–H groups in total. The van der Waals surface area contributed by atoms with E-state index in [-0.39, 0.29) is 28.5 Å². The zero-order chi connectivity index (χ0) is 11.4. The predicted octanol–water partition coefficient (Wildman–Crippen LogP) is 0.894. The van der Waals surface area contributed by atoms with Gasteiger partial charge in [-0.3, -0.25) is 4.79 Å². The highest BCUT2D eigenvalue weighted by molar-refractivity contribution is 6.34. The summed E-state index contributed by atoms with van der Waals surface area (Å²) in [6.45, 7) is 1.50. The highest BCUT2D eigenvalue weighted by atomic mass is 35.5. The van der Waals surface area contributed by atoms with Gasteiger partial charge in [0, 0.05) is 6.04 Å². The number of aliphatic hydroxyl groups excluding tert-OH is 1. The zero-order valence-corrected chi connectivity index (χ0v) is 9.38. The number of nitrogens with one attached hydrogen (secondary N) is 1. The molecule has 0 radical (unpaired) electrons. The van der Waals surface area contributed by atoms with Gasteiger partial charge in [-0.1, -0.05) is 23.2 Å². The van der Waals surface area contributed by atoms with Crippen molar-refractivity contribution < 1.29 is 9.90 Å². The van der Waals surface area contributed by atoms with Crippen molar-refractivity contribution in [3.05, 3.63) is 21.9 Å². The van der Waals surface area contributed by atoms with Crippen molar-refractivity contribution in [3.8, 4) is 0 Å². The molecule has 1 rings (SSSR count). The Bertz CT molecular complexity index is 373. The summed E-state index contributed by atoms with van der Waals surface area (Å²) in [6, 6.07) is 0.955. The number of hydrogen-bond acceptors (Lipinski definition) is 4. The largest absolute Gasteiger partial charge is 0.394 e. The van der Waals surface area contributed by atoms with E-state index in [9.17, 15) is 4.79 Å². The third kappa shape index (κ3) is 3.30. The zero-order valence-electron chi connectivity index (χ0n) is 7.87. The molecule has 0 aliphatic rings. The molecule has 1 unspecified atom stereocenters. The van der Waals surface area contributed by atoms with Crippen LogP contribution in [0.15, 0.2) is 6.07 Å². The van der Waals surface area contributed by atoms with Gasteiger partial charge in [-0.05, 0) is 13.0 Å². The molecular formula is C8H9Cl2N3O2. The van der Waals surface area contributed by atoms with Gasteiger partial charge in [0.1, 0.15) is 0 Å². The van der Waals surface area contributed by atoms with Gasteiger partial charge < -0.3 is 10.4 Å². The Morgan fingerprint density at radius 1 is 1.60 bits per heavy atom. The molecule has 1 amide bonds. The molecule has 0 spiro atoms. The van der Waals surface area contributed by atoms with Crippen molar-refractivity contribution in [2.24, 2.45) is 0 Å². The van der Waals surface area contributed by atoms with E-state index in [1.54, 1.807) is 6.92 Å². The summed E-state index contributed by atoms with van der Waals surface area (Å²) in [5, 5.41) is 18.3. The number of aliphatic hydroxyl groups is 1. The number of carbonyl (C=O) groups excluding carboxylic acids is 1. The van der Waals surface area contributed by atoms with Gasteiger partial charge in [0.15, 0.2) is 10.3 Å². The molecule has 1 heterocycles. The highest BCUT2D eigenvalue weighted by Gasteiger charge is 2.14. The molecule has 0 saturated carbocycles. The van der Waals surface area contributed by atoms with Gasteiger partial charge in [0.25, 0.3) is 5.91 Å². The maximum absolute atomic E-state index is 11.6. The molecule has 0 aliphatic heterocycles. The van der Waals surface area contributed by atoms with Crippen LogP contribution >= 0.6 is 23.2 Å². The lowest BCUT2D eigenvalue weighted by Gasteiger charge is -2.10. The van der Waals surface area contributed by atoms with Gasteiger partial charge in [-0.2, -0.15) is 0 Å². The number of aromatic nitrogens is 2. The van der Waals surface area contributed by atoms with E-state index in [0.29, 0.717) is 0 Å². The van der Waals surface area contributed by atoms with Crippen LogP contribution < -0.4 is 5.32 Å². The number of nitrogens with zero attached hydrogens (tertiary/aromatic N) is 2. The summed E-state index contributed by atoms with van der Waals surface area (Å²) in [7, 11) is 0. The third-order valence-electron chi connectivity index (χ3n) is 1.62.